The van der Waals surface area contributed by atoms with E-state index < -0.39 is 0 Å². The van der Waals surface area contributed by atoms with Crippen molar-refractivity contribution in [1.29, 1.82) is 0 Å². The van der Waals surface area contributed by atoms with Crippen LogP contribution in [0.4, 0.5) is 0 Å². The number of likely N-dealkylation sites (N-methyl/N-ethyl adjacent to an activating group) is 1. The van der Waals surface area contributed by atoms with E-state index in [1.807, 2.05) is 18.7 Å². The van der Waals surface area contributed by atoms with Gasteiger partial charge in [-0.15, -0.1) is 0 Å². The second-order valence-corrected chi connectivity index (χ2v) is 5.47. The van der Waals surface area contributed by atoms with Crippen molar-refractivity contribution in [2.24, 2.45) is 5.73 Å². The molecule has 0 aromatic carbocycles. The van der Waals surface area contributed by atoms with Gasteiger partial charge in [-0.2, -0.15) is 0 Å². The van der Waals surface area contributed by atoms with Gasteiger partial charge >= 0.3 is 0 Å². The molecule has 2 atom stereocenters. The summed E-state index contributed by atoms with van der Waals surface area (Å²) in [5, 5.41) is 0. The van der Waals surface area contributed by atoms with Gasteiger partial charge in [-0.05, 0) is 33.6 Å². The molecule has 0 aromatic rings. The zero-order valence-electron chi connectivity index (χ0n) is 12.0. The van der Waals surface area contributed by atoms with Crippen LogP contribution in [-0.4, -0.2) is 54.0 Å². The molecule has 0 spiro atoms. The molecule has 1 saturated heterocycles. The molecule has 18 heavy (non-hydrogen) atoms. The molecule has 1 aliphatic heterocycles. The number of likely N-dealkylation sites (tertiary alicyclic amines) is 1. The maximum Gasteiger partial charge on any atom is 0.237 e. The Labute approximate surface area is 111 Å². The number of hydrogen-bond donors (Lipinski definition) is 1. The number of nitrogens with two attached hydrogens (primary N) is 1. The van der Waals surface area contributed by atoms with Gasteiger partial charge in [-0.25, -0.2) is 0 Å². The summed E-state index contributed by atoms with van der Waals surface area (Å²) in [5.74, 6) is 0.197. The molecule has 1 rings (SSSR count). The first-order chi connectivity index (χ1) is 8.43. The molecule has 2 N–H and O–H groups in total. The lowest BCUT2D eigenvalue weighted by molar-refractivity contribution is -0.132. The standard InChI is InChI=1S/C14H27N3O/c1-5-16(9-11(2)3)14(18)10-17-7-6-13(15)8-12(17)4/h12-13H,2,5-10,15H2,1,3-4H3. The third-order valence-corrected chi connectivity index (χ3v) is 3.59. The van der Waals surface area contributed by atoms with Gasteiger partial charge in [0.05, 0.1) is 6.54 Å². The van der Waals surface area contributed by atoms with Crippen molar-refractivity contribution in [3.05, 3.63) is 12.2 Å². The molecular formula is C14H27N3O. The second-order valence-electron chi connectivity index (χ2n) is 5.47. The summed E-state index contributed by atoms with van der Waals surface area (Å²) in [7, 11) is 0. The van der Waals surface area contributed by atoms with Gasteiger partial charge in [-0.1, -0.05) is 12.2 Å². The van der Waals surface area contributed by atoms with E-state index in [2.05, 4.69) is 18.4 Å². The predicted molar refractivity (Wildman–Crippen MR) is 75.3 cm³/mol. The van der Waals surface area contributed by atoms with Gasteiger partial charge in [0.1, 0.15) is 0 Å². The van der Waals surface area contributed by atoms with Crippen LogP contribution in [0.1, 0.15) is 33.6 Å². The van der Waals surface area contributed by atoms with E-state index in [1.54, 1.807) is 0 Å². The minimum atomic E-state index is 0.197. The van der Waals surface area contributed by atoms with E-state index in [0.29, 0.717) is 25.2 Å². The maximum atomic E-state index is 12.2. The van der Waals surface area contributed by atoms with Gasteiger partial charge in [0.2, 0.25) is 5.91 Å². The number of hydrogen-bond acceptors (Lipinski definition) is 3. The van der Waals surface area contributed by atoms with Gasteiger partial charge < -0.3 is 10.6 Å². The molecule has 4 heteroatoms. The number of carbonyl (C=O) groups excluding carboxylic acids is 1. The van der Waals surface area contributed by atoms with Gasteiger partial charge in [0.15, 0.2) is 0 Å². The van der Waals surface area contributed by atoms with Crippen molar-refractivity contribution in [1.82, 2.24) is 9.80 Å². The monoisotopic (exact) mass is 253 g/mol. The maximum absolute atomic E-state index is 12.2. The van der Waals surface area contributed by atoms with Crippen molar-refractivity contribution in [3.63, 3.8) is 0 Å². The minimum absolute atomic E-state index is 0.197. The summed E-state index contributed by atoms with van der Waals surface area (Å²) >= 11 is 0. The molecule has 104 valence electrons. The molecule has 1 fully saturated rings. The zero-order valence-corrected chi connectivity index (χ0v) is 12.0. The smallest absolute Gasteiger partial charge is 0.237 e. The number of carbonyl (C=O) groups is 1. The Morgan fingerprint density at radius 1 is 1.56 bits per heavy atom. The highest BCUT2D eigenvalue weighted by Crippen LogP contribution is 2.15. The molecule has 0 bridgehead atoms. The minimum Gasteiger partial charge on any atom is -0.338 e. The van der Waals surface area contributed by atoms with E-state index >= 15 is 0 Å². The molecule has 1 aliphatic rings. The Hall–Kier alpha value is -0.870. The first-order valence-corrected chi connectivity index (χ1v) is 6.85. The topological polar surface area (TPSA) is 49.6 Å². The van der Waals surface area contributed by atoms with E-state index in [9.17, 15) is 4.79 Å². The summed E-state index contributed by atoms with van der Waals surface area (Å²) in [6.45, 7) is 12.8. The first-order valence-electron chi connectivity index (χ1n) is 6.85. The molecule has 2 unspecified atom stereocenters. The van der Waals surface area contributed by atoms with Crippen LogP contribution in [0.3, 0.4) is 0 Å². The third kappa shape index (κ3) is 4.42. The summed E-state index contributed by atoms with van der Waals surface area (Å²) in [4.78, 5) is 16.3. The largest absolute Gasteiger partial charge is 0.338 e. The average Bonchev–Trinajstić information content (AvgIpc) is 2.29. The zero-order chi connectivity index (χ0) is 13.7. The molecule has 1 heterocycles. The molecule has 4 nitrogen and oxygen atoms in total. The highest BCUT2D eigenvalue weighted by molar-refractivity contribution is 5.78. The van der Waals surface area contributed by atoms with Gasteiger partial charge in [0.25, 0.3) is 0 Å². The van der Waals surface area contributed by atoms with Crippen LogP contribution in [-0.2, 0) is 4.79 Å². The van der Waals surface area contributed by atoms with Crippen LogP contribution in [0.25, 0.3) is 0 Å². The highest BCUT2D eigenvalue weighted by atomic mass is 16.2. The Kier molecular flexibility index (Phi) is 5.82. The molecule has 1 amide bonds. The molecule has 0 radical (unpaired) electrons. The Balaban J connectivity index is 2.49. The van der Waals surface area contributed by atoms with Crippen molar-refractivity contribution in [2.45, 2.75) is 45.7 Å². The highest BCUT2D eigenvalue weighted by Gasteiger charge is 2.26. The molecular weight excluding hydrogens is 226 g/mol. The fourth-order valence-corrected chi connectivity index (χ4v) is 2.47. The van der Waals surface area contributed by atoms with E-state index in [1.165, 1.54) is 0 Å². The summed E-state index contributed by atoms with van der Waals surface area (Å²) in [6, 6.07) is 0.699. The third-order valence-electron chi connectivity index (χ3n) is 3.59. The van der Waals surface area contributed by atoms with E-state index in [-0.39, 0.29) is 5.91 Å². The fraction of sp³-hybridized carbons (Fsp3) is 0.786. The van der Waals surface area contributed by atoms with Crippen molar-refractivity contribution in [3.8, 4) is 0 Å². The lowest BCUT2D eigenvalue weighted by Gasteiger charge is -2.37. The number of piperidine rings is 1. The Morgan fingerprint density at radius 2 is 2.22 bits per heavy atom. The van der Waals surface area contributed by atoms with Crippen LogP contribution in [0.2, 0.25) is 0 Å². The fourth-order valence-electron chi connectivity index (χ4n) is 2.47. The number of amides is 1. The van der Waals surface area contributed by atoms with Crippen LogP contribution >= 0.6 is 0 Å². The Bertz CT molecular complexity index is 303. The second kappa shape index (κ2) is 6.90. The molecule has 0 saturated carbocycles. The quantitative estimate of drug-likeness (QED) is 0.750. The SMILES string of the molecule is C=C(C)CN(CC)C(=O)CN1CCC(N)CC1C. The van der Waals surface area contributed by atoms with Crippen LogP contribution in [0.5, 0.6) is 0 Å². The van der Waals surface area contributed by atoms with Gasteiger partial charge in [-0.3, -0.25) is 9.69 Å². The van der Waals surface area contributed by atoms with Gasteiger partial charge in [0, 0.05) is 31.7 Å². The average molecular weight is 253 g/mol. The lowest BCUT2D eigenvalue weighted by atomic mass is 9.99. The van der Waals surface area contributed by atoms with Crippen LogP contribution in [0, 0.1) is 0 Å². The van der Waals surface area contributed by atoms with E-state index in [4.69, 9.17) is 5.73 Å². The summed E-state index contributed by atoms with van der Waals surface area (Å²) < 4.78 is 0. The number of rotatable bonds is 5. The first kappa shape index (κ1) is 15.2. The van der Waals surface area contributed by atoms with Crippen LogP contribution < -0.4 is 5.73 Å². The van der Waals surface area contributed by atoms with E-state index in [0.717, 1.165) is 31.5 Å². The van der Waals surface area contributed by atoms with Crippen LogP contribution in [0.15, 0.2) is 12.2 Å². The Morgan fingerprint density at radius 3 is 2.72 bits per heavy atom. The summed E-state index contributed by atoms with van der Waals surface area (Å²) in [6.07, 6.45) is 1.98. The lowest BCUT2D eigenvalue weighted by Crippen LogP contribution is -2.50. The normalized spacial score (nSPS) is 24.9. The van der Waals surface area contributed by atoms with Crippen molar-refractivity contribution in [2.75, 3.05) is 26.2 Å². The molecule has 0 aliphatic carbocycles. The summed E-state index contributed by atoms with van der Waals surface area (Å²) in [5.41, 5.74) is 6.96. The number of nitrogens with zero attached hydrogens (tertiary/aromatic N) is 2. The van der Waals surface area contributed by atoms with Crippen molar-refractivity contribution < 1.29 is 4.79 Å². The molecule has 0 aromatic heterocycles. The predicted octanol–water partition coefficient (Wildman–Crippen LogP) is 1.22. The van der Waals surface area contributed by atoms with Crippen molar-refractivity contribution >= 4 is 5.91 Å².